The van der Waals surface area contributed by atoms with Gasteiger partial charge in [0.15, 0.2) is 5.78 Å². The van der Waals surface area contributed by atoms with Gasteiger partial charge in [-0.15, -0.1) is 0 Å². The van der Waals surface area contributed by atoms with Crippen LogP contribution in [-0.4, -0.2) is 22.9 Å². The van der Waals surface area contributed by atoms with Crippen molar-refractivity contribution in [3.63, 3.8) is 0 Å². The first-order valence-electron chi connectivity index (χ1n) is 12.8. The van der Waals surface area contributed by atoms with Gasteiger partial charge in [0.1, 0.15) is 0 Å². The van der Waals surface area contributed by atoms with Crippen molar-refractivity contribution in [2.24, 2.45) is 0 Å². The number of aromatic nitrogens is 1. The minimum absolute atomic E-state index is 0. The molecule has 3 rings (SSSR count). The summed E-state index contributed by atoms with van der Waals surface area (Å²) in [6.45, 7) is 5.56. The van der Waals surface area contributed by atoms with Gasteiger partial charge in [-0.3, -0.25) is 4.79 Å². The van der Waals surface area contributed by atoms with Crippen molar-refractivity contribution in [1.29, 1.82) is 0 Å². The number of carboxylic acid groups (broad SMARTS) is 1. The molecule has 6 heteroatoms. The van der Waals surface area contributed by atoms with Crippen molar-refractivity contribution in [1.82, 2.24) is 4.57 Å². The number of rotatable bonds is 15. The number of nitrogens with zero attached hydrogens (tertiary/aromatic N) is 1. The summed E-state index contributed by atoms with van der Waals surface area (Å²) in [4.78, 5) is 24.0. The van der Waals surface area contributed by atoms with Gasteiger partial charge in [-0.2, -0.15) is 0 Å². The van der Waals surface area contributed by atoms with Gasteiger partial charge in [-0.25, -0.2) is 0 Å². The first kappa shape index (κ1) is 29.9. The summed E-state index contributed by atoms with van der Waals surface area (Å²) in [5, 5.41) is 14.2. The predicted octanol–water partition coefficient (Wildman–Crippen LogP) is 2.59. The summed E-state index contributed by atoms with van der Waals surface area (Å²) >= 11 is 0. The summed E-state index contributed by atoms with van der Waals surface area (Å²) < 4.78 is 1.92. The first-order chi connectivity index (χ1) is 16.9. The number of hydrogen-bond donors (Lipinski definition) is 1. The average Bonchev–Trinajstić information content (AvgIpc) is 3.28. The molecule has 1 heterocycles. The molecule has 36 heavy (non-hydrogen) atoms. The van der Waals surface area contributed by atoms with E-state index in [-0.39, 0.29) is 47.7 Å². The molecule has 1 N–H and O–H groups in total. The Hall–Kier alpha value is -2.34. The van der Waals surface area contributed by atoms with Crippen molar-refractivity contribution >= 4 is 17.4 Å². The SMILES string of the molecule is CC(C)c1cn(CCCC(=O)[O-])cc1C(=O)c1cccc(NCCCCCCc2ccccc2)c1.[Na+]. The van der Waals surface area contributed by atoms with Crippen LogP contribution in [0.1, 0.15) is 85.3 Å². The molecule has 0 spiro atoms. The van der Waals surface area contributed by atoms with Crippen LogP contribution in [0.3, 0.4) is 0 Å². The fraction of sp³-hybridized carbons (Fsp3) is 0.400. The van der Waals surface area contributed by atoms with Gasteiger partial charge < -0.3 is 19.8 Å². The van der Waals surface area contributed by atoms with Gasteiger partial charge in [0.05, 0.1) is 0 Å². The Morgan fingerprint density at radius 3 is 2.39 bits per heavy atom. The molecule has 0 atom stereocenters. The van der Waals surface area contributed by atoms with Crippen molar-refractivity contribution in [2.45, 2.75) is 71.3 Å². The molecule has 0 amide bonds. The minimum Gasteiger partial charge on any atom is -0.550 e. The van der Waals surface area contributed by atoms with E-state index in [1.54, 1.807) is 0 Å². The molecule has 1 aromatic heterocycles. The maximum atomic E-state index is 13.3. The Morgan fingerprint density at radius 2 is 1.67 bits per heavy atom. The van der Waals surface area contributed by atoms with Gasteiger partial charge in [0.25, 0.3) is 0 Å². The van der Waals surface area contributed by atoms with Gasteiger partial charge in [0, 0.05) is 48.3 Å². The third kappa shape index (κ3) is 9.61. The maximum absolute atomic E-state index is 13.3. The summed E-state index contributed by atoms with van der Waals surface area (Å²) in [6.07, 6.45) is 10.1. The van der Waals surface area contributed by atoms with Crippen LogP contribution in [0.5, 0.6) is 0 Å². The number of benzene rings is 2. The molecule has 5 nitrogen and oxygen atoms in total. The third-order valence-electron chi connectivity index (χ3n) is 6.26. The molecule has 3 aromatic rings. The fourth-order valence-electron chi connectivity index (χ4n) is 4.32. The Bertz CT molecular complexity index is 1090. The number of aliphatic carboxylic acids is 1. The second kappa shape index (κ2) is 15.7. The third-order valence-corrected chi connectivity index (χ3v) is 6.26. The van der Waals surface area contributed by atoms with Crippen LogP contribution in [-0.2, 0) is 17.8 Å². The van der Waals surface area contributed by atoms with Crippen molar-refractivity contribution in [2.75, 3.05) is 11.9 Å². The van der Waals surface area contributed by atoms with Crippen LogP contribution < -0.4 is 40.0 Å². The summed E-state index contributed by atoms with van der Waals surface area (Å²) in [5.74, 6) is -0.856. The largest absolute Gasteiger partial charge is 1.00 e. The molecule has 0 saturated carbocycles. The number of hydrogen-bond acceptors (Lipinski definition) is 4. The molecule has 0 unspecified atom stereocenters. The Kier molecular flexibility index (Phi) is 13.0. The molecular weight excluding hydrogens is 459 g/mol. The van der Waals surface area contributed by atoms with Gasteiger partial charge >= 0.3 is 29.6 Å². The zero-order valence-corrected chi connectivity index (χ0v) is 24.0. The Labute approximate surface area is 237 Å². The molecule has 0 aliphatic carbocycles. The van der Waals surface area contributed by atoms with Crippen LogP contribution in [0.15, 0.2) is 67.0 Å². The molecule has 0 aliphatic heterocycles. The topological polar surface area (TPSA) is 74.2 Å². The number of carbonyl (C=O) groups is 2. The second-order valence-electron chi connectivity index (χ2n) is 9.48. The van der Waals surface area contributed by atoms with Crippen LogP contribution in [0.25, 0.3) is 0 Å². The maximum Gasteiger partial charge on any atom is 1.00 e. The predicted molar refractivity (Wildman–Crippen MR) is 140 cm³/mol. The molecule has 0 radical (unpaired) electrons. The van der Waals surface area contributed by atoms with Crippen LogP contribution in [0.4, 0.5) is 5.69 Å². The van der Waals surface area contributed by atoms with E-state index >= 15 is 0 Å². The normalized spacial score (nSPS) is 10.8. The van der Waals surface area contributed by atoms with Crippen molar-refractivity contribution in [3.8, 4) is 0 Å². The van der Waals surface area contributed by atoms with Gasteiger partial charge in [0.2, 0.25) is 0 Å². The number of anilines is 1. The van der Waals surface area contributed by atoms with E-state index in [2.05, 4.69) is 49.5 Å². The molecule has 0 bridgehead atoms. The number of ketones is 1. The average molecular weight is 497 g/mol. The van der Waals surface area contributed by atoms with E-state index in [1.165, 1.54) is 24.8 Å². The van der Waals surface area contributed by atoms with Crippen LogP contribution >= 0.6 is 0 Å². The quantitative estimate of drug-likeness (QED) is 0.199. The molecule has 2 aromatic carbocycles. The van der Waals surface area contributed by atoms with E-state index in [1.807, 2.05) is 41.2 Å². The van der Waals surface area contributed by atoms with E-state index < -0.39 is 5.97 Å². The fourth-order valence-corrected chi connectivity index (χ4v) is 4.32. The molecule has 0 aliphatic rings. The first-order valence-corrected chi connectivity index (χ1v) is 12.8. The van der Waals surface area contributed by atoms with Gasteiger partial charge in [-0.1, -0.05) is 69.2 Å². The van der Waals surface area contributed by atoms with E-state index in [4.69, 9.17) is 0 Å². The number of nitrogens with one attached hydrogen (secondary N) is 1. The smallest absolute Gasteiger partial charge is 0.550 e. The van der Waals surface area contributed by atoms with E-state index in [0.717, 1.165) is 30.6 Å². The summed E-state index contributed by atoms with van der Waals surface area (Å²) in [5.41, 5.74) is 4.69. The molecule has 0 fully saturated rings. The van der Waals surface area contributed by atoms with Gasteiger partial charge in [-0.05, 0) is 61.3 Å². The second-order valence-corrected chi connectivity index (χ2v) is 9.48. The minimum atomic E-state index is -1.05. The zero-order chi connectivity index (χ0) is 25.0. The van der Waals surface area contributed by atoms with E-state index in [0.29, 0.717) is 24.1 Å². The Balaban J connectivity index is 0.00000456. The number of unbranched alkanes of at least 4 members (excludes halogenated alkanes) is 3. The molecule has 0 saturated heterocycles. The monoisotopic (exact) mass is 496 g/mol. The van der Waals surface area contributed by atoms with Crippen LogP contribution in [0, 0.1) is 0 Å². The Morgan fingerprint density at radius 1 is 0.917 bits per heavy atom. The number of aryl methyl sites for hydroxylation is 2. The zero-order valence-electron chi connectivity index (χ0n) is 22.0. The van der Waals surface area contributed by atoms with Crippen molar-refractivity contribution < 1.29 is 44.3 Å². The standard InChI is InChI=1S/C30H38N2O3.Na/c1-23(2)27-21-32(19-11-17-29(33)34)22-28(27)30(35)25-15-10-16-26(20-25)31-18-9-4-3-6-12-24-13-7-5-8-14-24;/h5,7-8,10,13-16,20-23,31H,3-4,6,9,11-12,17-19H2,1-2H3,(H,33,34);/q;+1/p-1. The molecule has 186 valence electrons. The van der Waals surface area contributed by atoms with Crippen LogP contribution in [0.2, 0.25) is 0 Å². The van der Waals surface area contributed by atoms with Crippen molar-refractivity contribution in [3.05, 3.63) is 89.2 Å². The van der Waals surface area contributed by atoms with E-state index in [9.17, 15) is 14.7 Å². The number of carbonyl (C=O) groups excluding carboxylic acids is 2. The summed E-state index contributed by atoms with van der Waals surface area (Å²) in [7, 11) is 0. The summed E-state index contributed by atoms with van der Waals surface area (Å²) in [6, 6.07) is 18.3. The molecular formula is C30H37N2NaO3. The number of carboxylic acids is 1.